The van der Waals surface area contributed by atoms with Crippen molar-refractivity contribution in [3.8, 4) is 0 Å². The van der Waals surface area contributed by atoms with E-state index in [2.05, 4.69) is 0 Å². The van der Waals surface area contributed by atoms with E-state index in [0.29, 0.717) is 0 Å². The minimum atomic E-state index is -2.50. The molecular weight excluding hydrogens is 135 g/mol. The van der Waals surface area contributed by atoms with Crippen LogP contribution < -0.4 is 0 Å². The van der Waals surface area contributed by atoms with Crippen molar-refractivity contribution in [3.05, 3.63) is 0 Å². The Bertz CT molecular complexity index is 6.00. The van der Waals surface area contributed by atoms with Crippen molar-refractivity contribution in [1.82, 2.24) is 0 Å². The van der Waals surface area contributed by atoms with E-state index in [1.54, 1.807) is 0 Å². The molecule has 0 saturated heterocycles. The van der Waals surface area contributed by atoms with Crippen molar-refractivity contribution in [2.24, 2.45) is 0 Å². The van der Waals surface area contributed by atoms with Crippen molar-refractivity contribution in [2.45, 2.75) is 0 Å². The van der Waals surface area contributed by atoms with Crippen LogP contribution in [0.25, 0.3) is 0 Å². The summed E-state index contributed by atoms with van der Waals surface area (Å²) in [6.07, 6.45) is 0. The average Bonchev–Trinajstić information content (AvgIpc) is 0.918. The molecule has 0 spiro atoms. The molecular formula is F2GeMg. The SMILES string of the molecule is [F][Ge][F].[Mg]. The minimum absolute atomic E-state index is 0. The van der Waals surface area contributed by atoms with Crippen LogP contribution in [-0.2, 0) is 0 Å². The Morgan fingerprint density at radius 2 is 1.25 bits per heavy atom. The van der Waals surface area contributed by atoms with Gasteiger partial charge in [0.1, 0.15) is 0 Å². The topological polar surface area (TPSA) is 0 Å². The Morgan fingerprint density at radius 3 is 1.25 bits per heavy atom. The third kappa shape index (κ3) is 10.9. The molecule has 0 N–H and O–H groups in total. The zero-order chi connectivity index (χ0) is 2.71. The van der Waals surface area contributed by atoms with Crippen molar-refractivity contribution in [3.63, 3.8) is 0 Å². The number of rotatable bonds is 0. The van der Waals surface area contributed by atoms with Crippen LogP contribution >= 0.6 is 0 Å². The maximum atomic E-state index is 9.75. The second kappa shape index (κ2) is 8.90. The molecule has 0 aromatic carbocycles. The summed E-state index contributed by atoms with van der Waals surface area (Å²) in [5.41, 5.74) is 0. The van der Waals surface area contributed by atoms with E-state index in [1.807, 2.05) is 0 Å². The molecule has 0 bridgehead atoms. The summed E-state index contributed by atoms with van der Waals surface area (Å²) in [6, 6.07) is 0. The number of hydrogen-bond acceptors (Lipinski definition) is 0. The van der Waals surface area contributed by atoms with Gasteiger partial charge in [0, 0.05) is 23.1 Å². The summed E-state index contributed by atoms with van der Waals surface area (Å²) in [7, 11) is 0. The fourth-order valence-electron chi connectivity index (χ4n) is 0. The van der Waals surface area contributed by atoms with Gasteiger partial charge in [0.25, 0.3) is 0 Å². The van der Waals surface area contributed by atoms with Gasteiger partial charge in [0.05, 0.1) is 0 Å². The van der Waals surface area contributed by atoms with Gasteiger partial charge < -0.3 is 0 Å². The molecule has 0 rings (SSSR count). The van der Waals surface area contributed by atoms with Gasteiger partial charge in [-0.05, 0) is 0 Å². The predicted molar refractivity (Wildman–Crippen MR) is 13.7 cm³/mol. The second-order valence-corrected chi connectivity index (χ2v) is 0.371. The largest absolute Gasteiger partial charge is 0 e. The van der Waals surface area contributed by atoms with Crippen molar-refractivity contribution in [1.29, 1.82) is 0 Å². The summed E-state index contributed by atoms with van der Waals surface area (Å²) in [5.74, 6) is 0. The van der Waals surface area contributed by atoms with Crippen molar-refractivity contribution < 1.29 is 7.00 Å². The predicted octanol–water partition coefficient (Wildman–Crippen LogP) is 0.0788. The van der Waals surface area contributed by atoms with E-state index >= 15 is 0 Å². The first kappa shape index (κ1) is 8.95. The molecule has 0 unspecified atom stereocenters. The van der Waals surface area contributed by atoms with Crippen molar-refractivity contribution >= 4 is 39.4 Å². The molecule has 20 valence electrons. The quantitative estimate of drug-likeness (QED) is 0.412. The van der Waals surface area contributed by atoms with Gasteiger partial charge in [-0.1, -0.05) is 0 Å². The van der Waals surface area contributed by atoms with Crippen molar-refractivity contribution in [2.75, 3.05) is 0 Å². The van der Waals surface area contributed by atoms with Crippen LogP contribution in [0.15, 0.2) is 0 Å². The maximum absolute atomic E-state index is 9.75. The summed E-state index contributed by atoms with van der Waals surface area (Å²) in [5, 5.41) is 0. The summed E-state index contributed by atoms with van der Waals surface area (Å²) >= 11 is -2.50. The van der Waals surface area contributed by atoms with Gasteiger partial charge in [0.2, 0.25) is 0 Å². The van der Waals surface area contributed by atoms with Crippen LogP contribution in [0.4, 0.5) is 7.00 Å². The zero-order valence-electron chi connectivity index (χ0n) is 1.96. The van der Waals surface area contributed by atoms with Crippen LogP contribution in [0.2, 0.25) is 0 Å². The monoisotopic (exact) mass is 136 g/mol. The molecule has 4 heavy (non-hydrogen) atoms. The van der Waals surface area contributed by atoms with Gasteiger partial charge in [-0.15, -0.1) is 0 Å². The first-order valence-corrected chi connectivity index (χ1v) is 1.96. The second-order valence-electron chi connectivity index (χ2n) is 0.0714. The van der Waals surface area contributed by atoms with E-state index in [1.165, 1.54) is 0 Å². The van der Waals surface area contributed by atoms with Gasteiger partial charge >= 0.3 is 23.4 Å². The first-order valence-electron chi connectivity index (χ1n) is 0.378. The van der Waals surface area contributed by atoms with Gasteiger partial charge in [0.15, 0.2) is 0 Å². The molecule has 0 aliphatic rings. The Balaban J connectivity index is 0. The molecule has 4 heteroatoms. The van der Waals surface area contributed by atoms with Crippen LogP contribution in [0, 0.1) is 0 Å². The Kier molecular flexibility index (Phi) is 19.9. The van der Waals surface area contributed by atoms with Gasteiger partial charge in [-0.2, -0.15) is 0 Å². The van der Waals surface area contributed by atoms with Crippen LogP contribution in [-0.4, -0.2) is 39.4 Å². The molecule has 0 saturated carbocycles. The normalized spacial score (nSPS) is 4.50. The molecule has 0 aromatic heterocycles. The smallest absolute Gasteiger partial charge is 0 e. The first-order chi connectivity index (χ1) is 1.41. The van der Waals surface area contributed by atoms with E-state index in [9.17, 15) is 7.00 Å². The maximum Gasteiger partial charge on any atom is 0 e. The summed E-state index contributed by atoms with van der Waals surface area (Å²) in [4.78, 5) is 0. The third-order valence-corrected chi connectivity index (χ3v) is 0. The number of halogens is 2. The summed E-state index contributed by atoms with van der Waals surface area (Å²) in [6.45, 7) is 0. The standard InChI is InChI=1S/F2Ge.Mg/c1-3-2;. The minimum Gasteiger partial charge on any atom is 0 e. The molecule has 4 radical (unpaired) electrons. The summed E-state index contributed by atoms with van der Waals surface area (Å²) < 4.78 is 19.5. The fourth-order valence-corrected chi connectivity index (χ4v) is 0. The fraction of sp³-hybridized carbons (Fsp3) is 0. The van der Waals surface area contributed by atoms with Crippen LogP contribution in [0.3, 0.4) is 0 Å². The number of hydrogen-bond donors (Lipinski definition) is 0. The molecule has 0 fully saturated rings. The molecule has 0 nitrogen and oxygen atoms in total. The Labute approximate surface area is 46.5 Å². The molecule has 0 aliphatic carbocycles. The third-order valence-electron chi connectivity index (χ3n) is 0. The van der Waals surface area contributed by atoms with E-state index in [4.69, 9.17) is 0 Å². The van der Waals surface area contributed by atoms with Gasteiger partial charge in [-0.3, -0.25) is 0 Å². The van der Waals surface area contributed by atoms with E-state index in [-0.39, 0.29) is 23.1 Å². The molecule has 0 heterocycles. The molecule has 0 atom stereocenters. The van der Waals surface area contributed by atoms with Gasteiger partial charge in [-0.25, -0.2) is 0 Å². The van der Waals surface area contributed by atoms with E-state index in [0.717, 1.165) is 0 Å². The van der Waals surface area contributed by atoms with E-state index < -0.39 is 16.4 Å². The Hall–Kier alpha value is 1.17. The van der Waals surface area contributed by atoms with Crippen LogP contribution in [0.1, 0.15) is 0 Å². The molecule has 0 aliphatic heterocycles. The Morgan fingerprint density at radius 1 is 1.25 bits per heavy atom. The molecule has 0 amide bonds. The zero-order valence-corrected chi connectivity index (χ0v) is 5.48. The average molecular weight is 135 g/mol. The molecule has 0 aromatic rings. The van der Waals surface area contributed by atoms with Crippen LogP contribution in [0.5, 0.6) is 0 Å².